The van der Waals surface area contributed by atoms with E-state index in [1.807, 2.05) is 0 Å². The molecule has 4 heteroatoms. The van der Waals surface area contributed by atoms with Crippen LogP contribution in [0.2, 0.25) is 0 Å². The van der Waals surface area contributed by atoms with E-state index in [1.165, 1.54) is 0 Å². The molecule has 1 heterocycles. The molecule has 0 fully saturated rings. The molecule has 0 aliphatic carbocycles. The van der Waals surface area contributed by atoms with Crippen LogP contribution < -0.4 is 11.1 Å². The lowest BCUT2D eigenvalue weighted by atomic mass is 9.91. The van der Waals surface area contributed by atoms with Crippen molar-refractivity contribution >= 4 is 5.69 Å². The molecular weight excluding hydrogens is 190 g/mol. The van der Waals surface area contributed by atoms with Crippen LogP contribution in [0.4, 0.5) is 5.69 Å². The number of anilines is 1. The highest BCUT2D eigenvalue weighted by molar-refractivity contribution is 5.44. The monoisotopic (exact) mass is 211 g/mol. The fourth-order valence-corrected chi connectivity index (χ4v) is 1.34. The molecule has 86 valence electrons. The summed E-state index contributed by atoms with van der Waals surface area (Å²) in [5.41, 5.74) is 6.64. The minimum absolute atomic E-state index is 0.212. The largest absolute Gasteiger partial charge is 0.381 e. The van der Waals surface area contributed by atoms with Crippen LogP contribution in [0, 0.1) is 5.41 Å². The van der Waals surface area contributed by atoms with Crippen molar-refractivity contribution in [3.63, 3.8) is 0 Å². The molecule has 3 N–H and O–H groups in total. The molecule has 4 nitrogen and oxygen atoms in total. The Labute approximate surface area is 91.2 Å². The Morgan fingerprint density at radius 3 is 2.80 bits per heavy atom. The van der Waals surface area contributed by atoms with E-state index in [2.05, 4.69) is 31.2 Å². The Kier molecular flexibility index (Phi) is 4.15. The average Bonchev–Trinajstić information content (AvgIpc) is 2.50. The normalized spacial score (nSPS) is 11.7. The highest BCUT2D eigenvalue weighted by atomic mass is 16.5. The maximum Gasteiger partial charge on any atom is 0.160 e. The lowest BCUT2D eigenvalue weighted by Gasteiger charge is -2.16. The lowest BCUT2D eigenvalue weighted by molar-refractivity contribution is 0.321. The van der Waals surface area contributed by atoms with Crippen molar-refractivity contribution in [3.8, 4) is 0 Å². The summed E-state index contributed by atoms with van der Waals surface area (Å²) in [7, 11) is 0. The van der Waals surface area contributed by atoms with Crippen LogP contribution in [-0.2, 0) is 6.42 Å². The quantitative estimate of drug-likeness (QED) is 0.731. The van der Waals surface area contributed by atoms with Crippen LogP contribution in [0.1, 0.15) is 33.0 Å². The third-order valence-corrected chi connectivity index (χ3v) is 2.03. The second kappa shape index (κ2) is 5.16. The minimum atomic E-state index is 0.212. The second-order valence-corrected chi connectivity index (χ2v) is 4.97. The molecule has 0 bridgehead atoms. The van der Waals surface area contributed by atoms with Gasteiger partial charge in [-0.2, -0.15) is 0 Å². The predicted molar refractivity (Wildman–Crippen MR) is 61.8 cm³/mol. The molecule has 1 aromatic rings. The van der Waals surface area contributed by atoms with E-state index < -0.39 is 0 Å². The SMILES string of the molecule is CC(C)(C)Cc1oncc1NCCCN. The van der Waals surface area contributed by atoms with E-state index in [9.17, 15) is 0 Å². The zero-order valence-electron chi connectivity index (χ0n) is 9.84. The van der Waals surface area contributed by atoms with Crippen LogP contribution in [0.3, 0.4) is 0 Å². The summed E-state index contributed by atoms with van der Waals surface area (Å²) in [6, 6.07) is 0. The highest BCUT2D eigenvalue weighted by Gasteiger charge is 2.17. The topological polar surface area (TPSA) is 64.1 Å². The van der Waals surface area contributed by atoms with Crippen molar-refractivity contribution in [1.29, 1.82) is 0 Å². The Morgan fingerprint density at radius 1 is 1.47 bits per heavy atom. The highest BCUT2D eigenvalue weighted by Crippen LogP contribution is 2.25. The van der Waals surface area contributed by atoms with E-state index in [0.29, 0.717) is 6.54 Å². The van der Waals surface area contributed by atoms with Gasteiger partial charge < -0.3 is 15.6 Å². The van der Waals surface area contributed by atoms with Crippen molar-refractivity contribution in [1.82, 2.24) is 5.16 Å². The van der Waals surface area contributed by atoms with Gasteiger partial charge in [-0.15, -0.1) is 0 Å². The Bertz CT molecular complexity index is 288. The van der Waals surface area contributed by atoms with Gasteiger partial charge in [-0.3, -0.25) is 0 Å². The molecule has 0 unspecified atom stereocenters. The summed E-state index contributed by atoms with van der Waals surface area (Å²) in [6.45, 7) is 8.11. The third kappa shape index (κ3) is 4.34. The van der Waals surface area contributed by atoms with Crippen LogP contribution in [0.15, 0.2) is 10.7 Å². The van der Waals surface area contributed by atoms with Crippen LogP contribution in [0.5, 0.6) is 0 Å². The molecular formula is C11H21N3O. The van der Waals surface area contributed by atoms with Gasteiger partial charge >= 0.3 is 0 Å². The van der Waals surface area contributed by atoms with E-state index >= 15 is 0 Å². The standard InChI is InChI=1S/C11H21N3O/c1-11(2,3)7-10-9(8-14-15-10)13-6-4-5-12/h8,13H,4-7,12H2,1-3H3. The molecule has 0 aliphatic rings. The summed E-state index contributed by atoms with van der Waals surface area (Å²) >= 11 is 0. The van der Waals surface area contributed by atoms with Crippen molar-refractivity contribution in [2.45, 2.75) is 33.6 Å². The van der Waals surface area contributed by atoms with Gasteiger partial charge in [0.1, 0.15) is 0 Å². The van der Waals surface area contributed by atoms with Crippen molar-refractivity contribution < 1.29 is 4.52 Å². The zero-order valence-corrected chi connectivity index (χ0v) is 9.84. The first-order valence-electron chi connectivity index (χ1n) is 5.40. The van der Waals surface area contributed by atoms with Crippen LogP contribution in [-0.4, -0.2) is 18.2 Å². The molecule has 0 aliphatic heterocycles. The first-order chi connectivity index (χ1) is 7.03. The molecule has 0 radical (unpaired) electrons. The van der Waals surface area contributed by atoms with Gasteiger partial charge in [-0.1, -0.05) is 25.9 Å². The predicted octanol–water partition coefficient (Wildman–Crippen LogP) is 2.02. The van der Waals surface area contributed by atoms with Gasteiger partial charge in [0, 0.05) is 13.0 Å². The van der Waals surface area contributed by atoms with E-state index in [0.717, 1.165) is 30.8 Å². The number of nitrogens with zero attached hydrogens (tertiary/aromatic N) is 1. The summed E-state index contributed by atoms with van der Waals surface area (Å²) in [6.07, 6.45) is 3.58. The van der Waals surface area contributed by atoms with E-state index in [4.69, 9.17) is 10.3 Å². The Balaban J connectivity index is 2.53. The van der Waals surface area contributed by atoms with Crippen molar-refractivity contribution in [3.05, 3.63) is 12.0 Å². The average molecular weight is 211 g/mol. The van der Waals surface area contributed by atoms with Crippen LogP contribution in [0.25, 0.3) is 0 Å². The first kappa shape index (κ1) is 12.0. The minimum Gasteiger partial charge on any atom is -0.381 e. The number of hydrogen-bond donors (Lipinski definition) is 2. The summed E-state index contributed by atoms with van der Waals surface area (Å²) in [5, 5.41) is 7.10. The van der Waals surface area contributed by atoms with Gasteiger partial charge in [0.2, 0.25) is 0 Å². The zero-order chi connectivity index (χ0) is 11.3. The number of nitrogens with two attached hydrogens (primary N) is 1. The summed E-state index contributed by atoms with van der Waals surface area (Å²) < 4.78 is 5.23. The van der Waals surface area contributed by atoms with Gasteiger partial charge in [-0.05, 0) is 18.4 Å². The molecule has 0 aromatic carbocycles. The number of aromatic nitrogens is 1. The summed E-state index contributed by atoms with van der Waals surface area (Å²) in [5.74, 6) is 0.930. The van der Waals surface area contributed by atoms with Gasteiger partial charge in [-0.25, -0.2) is 0 Å². The Hall–Kier alpha value is -1.03. The molecule has 0 atom stereocenters. The molecule has 1 aromatic heterocycles. The molecule has 0 spiro atoms. The van der Waals surface area contributed by atoms with Crippen molar-refractivity contribution in [2.75, 3.05) is 18.4 Å². The number of hydrogen-bond acceptors (Lipinski definition) is 4. The van der Waals surface area contributed by atoms with E-state index in [-0.39, 0.29) is 5.41 Å². The maximum atomic E-state index is 5.43. The number of nitrogens with one attached hydrogen (secondary N) is 1. The fourth-order valence-electron chi connectivity index (χ4n) is 1.34. The molecule has 0 amide bonds. The fraction of sp³-hybridized carbons (Fsp3) is 0.727. The first-order valence-corrected chi connectivity index (χ1v) is 5.40. The van der Waals surface area contributed by atoms with Crippen molar-refractivity contribution in [2.24, 2.45) is 11.1 Å². The van der Waals surface area contributed by atoms with Crippen LogP contribution >= 0.6 is 0 Å². The summed E-state index contributed by atoms with van der Waals surface area (Å²) in [4.78, 5) is 0. The van der Waals surface area contributed by atoms with E-state index in [1.54, 1.807) is 6.20 Å². The maximum absolute atomic E-state index is 5.43. The number of rotatable bonds is 5. The van der Waals surface area contributed by atoms with Gasteiger partial charge in [0.25, 0.3) is 0 Å². The third-order valence-electron chi connectivity index (χ3n) is 2.03. The molecule has 15 heavy (non-hydrogen) atoms. The molecule has 1 rings (SSSR count). The second-order valence-electron chi connectivity index (χ2n) is 4.97. The lowest BCUT2D eigenvalue weighted by Crippen LogP contribution is -2.12. The molecule has 0 saturated carbocycles. The van der Waals surface area contributed by atoms with Gasteiger partial charge in [0.05, 0.1) is 11.9 Å². The molecule has 0 saturated heterocycles. The van der Waals surface area contributed by atoms with Gasteiger partial charge in [0.15, 0.2) is 5.76 Å². The Morgan fingerprint density at radius 2 is 2.20 bits per heavy atom. The smallest absolute Gasteiger partial charge is 0.160 e.